The average Bonchev–Trinajstić information content (AvgIpc) is 2.55. The largest absolute Gasteiger partial charge is 0.371 e. The molecule has 2 aliphatic rings. The number of rotatable bonds is 3. The number of nitrogens with one attached hydrogen (secondary N) is 1. The van der Waals surface area contributed by atoms with Crippen LogP contribution >= 0.6 is 0 Å². The monoisotopic (exact) mass is 302 g/mol. The molecule has 22 heavy (non-hydrogen) atoms. The normalized spacial score (nSPS) is 22.0. The average molecular weight is 302 g/mol. The van der Waals surface area contributed by atoms with Crippen LogP contribution in [0.15, 0.2) is 24.3 Å². The first-order valence-corrected chi connectivity index (χ1v) is 8.42. The van der Waals surface area contributed by atoms with Gasteiger partial charge in [0.2, 0.25) is 0 Å². The van der Waals surface area contributed by atoms with E-state index in [1.54, 1.807) is 4.90 Å². The Labute approximate surface area is 132 Å². The highest BCUT2D eigenvalue weighted by Crippen LogP contribution is 2.21. The fourth-order valence-corrected chi connectivity index (χ4v) is 3.45. The zero-order valence-corrected chi connectivity index (χ0v) is 13.4. The molecule has 1 aliphatic carbocycles. The molecule has 1 aromatic rings. The SMILES string of the molecule is CN(CC1Cc2ccccc2CO1)C(=O)NC1CCCCC1. The van der Waals surface area contributed by atoms with E-state index in [-0.39, 0.29) is 12.1 Å². The Bertz CT molecular complexity index is 512. The molecule has 0 bridgehead atoms. The van der Waals surface area contributed by atoms with Crippen LogP contribution in [0.3, 0.4) is 0 Å². The summed E-state index contributed by atoms with van der Waals surface area (Å²) in [6.07, 6.45) is 6.99. The van der Waals surface area contributed by atoms with Crippen LogP contribution in [0.5, 0.6) is 0 Å². The van der Waals surface area contributed by atoms with E-state index in [0.717, 1.165) is 19.3 Å². The van der Waals surface area contributed by atoms with Crippen molar-refractivity contribution in [2.75, 3.05) is 13.6 Å². The maximum Gasteiger partial charge on any atom is 0.317 e. The van der Waals surface area contributed by atoms with Crippen molar-refractivity contribution in [3.63, 3.8) is 0 Å². The molecule has 3 rings (SSSR count). The lowest BCUT2D eigenvalue weighted by Crippen LogP contribution is -2.47. The minimum absolute atomic E-state index is 0.0364. The summed E-state index contributed by atoms with van der Waals surface area (Å²) >= 11 is 0. The van der Waals surface area contributed by atoms with E-state index < -0.39 is 0 Å². The van der Waals surface area contributed by atoms with Crippen LogP contribution in [-0.2, 0) is 17.8 Å². The van der Waals surface area contributed by atoms with E-state index in [4.69, 9.17) is 4.74 Å². The third-order valence-electron chi connectivity index (χ3n) is 4.80. The van der Waals surface area contributed by atoms with Crippen LogP contribution in [0.25, 0.3) is 0 Å². The molecule has 120 valence electrons. The van der Waals surface area contributed by atoms with Gasteiger partial charge >= 0.3 is 6.03 Å². The summed E-state index contributed by atoms with van der Waals surface area (Å²) in [6, 6.07) is 8.79. The number of fused-ring (bicyclic) bond motifs is 1. The molecule has 4 heteroatoms. The Balaban J connectivity index is 1.49. The maximum atomic E-state index is 12.3. The number of amides is 2. The molecule has 1 heterocycles. The highest BCUT2D eigenvalue weighted by atomic mass is 16.5. The fourth-order valence-electron chi connectivity index (χ4n) is 3.45. The summed E-state index contributed by atoms with van der Waals surface area (Å²) in [7, 11) is 1.86. The molecule has 1 N–H and O–H groups in total. The quantitative estimate of drug-likeness (QED) is 0.932. The van der Waals surface area contributed by atoms with Crippen molar-refractivity contribution >= 4 is 6.03 Å². The molecule has 0 spiro atoms. The van der Waals surface area contributed by atoms with Crippen LogP contribution in [0, 0.1) is 0 Å². The number of ether oxygens (including phenoxy) is 1. The summed E-state index contributed by atoms with van der Waals surface area (Å²) in [5, 5.41) is 3.16. The summed E-state index contributed by atoms with van der Waals surface area (Å²) < 4.78 is 5.89. The first-order valence-electron chi connectivity index (χ1n) is 8.42. The van der Waals surface area contributed by atoms with Crippen molar-refractivity contribution in [2.45, 2.75) is 57.3 Å². The lowest BCUT2D eigenvalue weighted by molar-refractivity contribution is 0.0148. The van der Waals surface area contributed by atoms with Gasteiger partial charge < -0.3 is 15.0 Å². The van der Waals surface area contributed by atoms with Gasteiger partial charge in [-0.25, -0.2) is 4.79 Å². The van der Waals surface area contributed by atoms with E-state index in [0.29, 0.717) is 19.2 Å². The molecule has 2 amide bonds. The van der Waals surface area contributed by atoms with Crippen LogP contribution in [0.2, 0.25) is 0 Å². The highest BCUT2D eigenvalue weighted by molar-refractivity contribution is 5.74. The topological polar surface area (TPSA) is 41.6 Å². The van der Waals surface area contributed by atoms with Gasteiger partial charge in [0, 0.05) is 26.1 Å². The Kier molecular flexibility index (Phi) is 4.98. The van der Waals surface area contributed by atoms with Gasteiger partial charge in [0.25, 0.3) is 0 Å². The maximum absolute atomic E-state index is 12.3. The smallest absolute Gasteiger partial charge is 0.317 e. The molecule has 1 aromatic carbocycles. The highest BCUT2D eigenvalue weighted by Gasteiger charge is 2.23. The summed E-state index contributed by atoms with van der Waals surface area (Å²) in [4.78, 5) is 14.1. The minimum Gasteiger partial charge on any atom is -0.371 e. The Hall–Kier alpha value is -1.55. The zero-order valence-electron chi connectivity index (χ0n) is 13.4. The first-order chi connectivity index (χ1) is 10.7. The second kappa shape index (κ2) is 7.14. The van der Waals surface area contributed by atoms with Crippen molar-refractivity contribution in [3.05, 3.63) is 35.4 Å². The third-order valence-corrected chi connectivity index (χ3v) is 4.80. The van der Waals surface area contributed by atoms with Crippen molar-refractivity contribution in [2.24, 2.45) is 0 Å². The summed E-state index contributed by atoms with van der Waals surface area (Å²) in [6.45, 7) is 1.30. The first kappa shape index (κ1) is 15.3. The summed E-state index contributed by atoms with van der Waals surface area (Å²) in [5.41, 5.74) is 2.62. The minimum atomic E-state index is 0.0364. The zero-order chi connectivity index (χ0) is 15.4. The van der Waals surface area contributed by atoms with Gasteiger partial charge in [-0.05, 0) is 24.0 Å². The summed E-state index contributed by atoms with van der Waals surface area (Å²) in [5.74, 6) is 0. The van der Waals surface area contributed by atoms with E-state index in [2.05, 4.69) is 23.5 Å². The molecule has 0 radical (unpaired) electrons. The van der Waals surface area contributed by atoms with Gasteiger partial charge in [-0.3, -0.25) is 0 Å². The molecule has 0 saturated heterocycles. The van der Waals surface area contributed by atoms with E-state index in [1.807, 2.05) is 13.1 Å². The number of hydrogen-bond donors (Lipinski definition) is 1. The molecular weight excluding hydrogens is 276 g/mol. The van der Waals surface area contributed by atoms with Crippen LogP contribution in [-0.4, -0.2) is 36.7 Å². The van der Waals surface area contributed by atoms with Gasteiger partial charge in [-0.2, -0.15) is 0 Å². The molecule has 1 fully saturated rings. The van der Waals surface area contributed by atoms with Crippen molar-refractivity contribution in [1.29, 1.82) is 0 Å². The molecule has 4 nitrogen and oxygen atoms in total. The second-order valence-corrected chi connectivity index (χ2v) is 6.57. The second-order valence-electron chi connectivity index (χ2n) is 6.57. The number of urea groups is 1. The van der Waals surface area contributed by atoms with Crippen LogP contribution < -0.4 is 5.32 Å². The molecule has 1 saturated carbocycles. The van der Waals surface area contributed by atoms with Crippen LogP contribution in [0.1, 0.15) is 43.2 Å². The standard InChI is InChI=1S/C18H26N2O2/c1-20(18(21)19-16-9-3-2-4-10-16)12-17-11-14-7-5-6-8-15(14)13-22-17/h5-8,16-17H,2-4,9-13H2,1H3,(H,19,21). The van der Waals surface area contributed by atoms with Gasteiger partial charge in [-0.15, -0.1) is 0 Å². The number of benzene rings is 1. The van der Waals surface area contributed by atoms with E-state index in [1.165, 1.54) is 30.4 Å². The Morgan fingerprint density at radius 1 is 1.23 bits per heavy atom. The van der Waals surface area contributed by atoms with Gasteiger partial charge in [0.05, 0.1) is 12.7 Å². The number of hydrogen-bond acceptors (Lipinski definition) is 2. The molecule has 1 unspecified atom stereocenters. The van der Waals surface area contributed by atoms with Gasteiger partial charge in [0.1, 0.15) is 0 Å². The Morgan fingerprint density at radius 3 is 2.73 bits per heavy atom. The van der Waals surface area contributed by atoms with Crippen molar-refractivity contribution in [1.82, 2.24) is 10.2 Å². The fraction of sp³-hybridized carbons (Fsp3) is 0.611. The number of carbonyl (C=O) groups is 1. The number of nitrogens with zero attached hydrogens (tertiary/aromatic N) is 1. The molecule has 1 aliphatic heterocycles. The Morgan fingerprint density at radius 2 is 1.95 bits per heavy atom. The predicted molar refractivity (Wildman–Crippen MR) is 86.8 cm³/mol. The number of likely N-dealkylation sites (N-methyl/N-ethyl adjacent to an activating group) is 1. The molecule has 0 aromatic heterocycles. The van der Waals surface area contributed by atoms with Gasteiger partial charge in [-0.1, -0.05) is 43.5 Å². The lowest BCUT2D eigenvalue weighted by atomic mass is 9.96. The lowest BCUT2D eigenvalue weighted by Gasteiger charge is -2.31. The van der Waals surface area contributed by atoms with Crippen LogP contribution in [0.4, 0.5) is 4.79 Å². The molecular formula is C18H26N2O2. The van der Waals surface area contributed by atoms with Crippen molar-refractivity contribution < 1.29 is 9.53 Å². The third kappa shape index (κ3) is 3.80. The van der Waals surface area contributed by atoms with Crippen molar-refractivity contribution in [3.8, 4) is 0 Å². The van der Waals surface area contributed by atoms with E-state index in [9.17, 15) is 4.79 Å². The number of carbonyl (C=O) groups excluding carboxylic acids is 1. The van der Waals surface area contributed by atoms with Gasteiger partial charge in [0.15, 0.2) is 0 Å². The molecule has 1 atom stereocenters. The predicted octanol–water partition coefficient (Wildman–Crippen LogP) is 3.10. The van der Waals surface area contributed by atoms with E-state index >= 15 is 0 Å².